The molecule has 0 aliphatic carbocycles. The molecule has 1 aromatic rings. The summed E-state index contributed by atoms with van der Waals surface area (Å²) in [6.45, 7) is -0.927. The summed E-state index contributed by atoms with van der Waals surface area (Å²) in [5, 5.41) is 37.1. The lowest BCUT2D eigenvalue weighted by molar-refractivity contribution is 0.0290. The maximum atomic E-state index is 9.44. The van der Waals surface area contributed by atoms with E-state index in [1.54, 1.807) is 24.3 Å². The van der Waals surface area contributed by atoms with Gasteiger partial charge in [-0.1, -0.05) is 30.3 Å². The van der Waals surface area contributed by atoms with Gasteiger partial charge in [0, 0.05) is 5.41 Å². The van der Waals surface area contributed by atoms with E-state index < -0.39 is 11.5 Å². The number of aliphatic hydroxyl groups is 4. The highest BCUT2D eigenvalue weighted by Crippen LogP contribution is 2.28. The van der Waals surface area contributed by atoms with Crippen LogP contribution in [0.2, 0.25) is 0 Å². The van der Waals surface area contributed by atoms with E-state index in [1.807, 2.05) is 6.07 Å². The summed E-state index contributed by atoms with van der Waals surface area (Å²) in [4.78, 5) is 0. The van der Waals surface area contributed by atoms with Crippen molar-refractivity contribution in [2.45, 2.75) is 17.9 Å². The van der Waals surface area contributed by atoms with E-state index in [0.717, 1.165) is 5.56 Å². The van der Waals surface area contributed by atoms with Crippen molar-refractivity contribution < 1.29 is 20.4 Å². The van der Waals surface area contributed by atoms with Crippen molar-refractivity contribution in [2.75, 3.05) is 19.8 Å². The molecule has 4 nitrogen and oxygen atoms in total. The first-order valence-electron chi connectivity index (χ1n) is 5.24. The lowest BCUT2D eigenvalue weighted by Crippen LogP contribution is -2.39. The van der Waals surface area contributed by atoms with Crippen LogP contribution in [0.4, 0.5) is 0 Å². The molecular formula is C12H18O4. The molecule has 0 saturated heterocycles. The van der Waals surface area contributed by atoms with Gasteiger partial charge >= 0.3 is 0 Å². The third-order valence-corrected chi connectivity index (χ3v) is 2.83. The van der Waals surface area contributed by atoms with Gasteiger partial charge in [-0.2, -0.15) is 0 Å². The SMILES string of the molecule is OCC(O)CC(CO)(CO)c1ccccc1. The summed E-state index contributed by atoms with van der Waals surface area (Å²) in [5.74, 6) is 0. The molecule has 0 aliphatic rings. The summed E-state index contributed by atoms with van der Waals surface area (Å²) in [7, 11) is 0. The van der Waals surface area contributed by atoms with E-state index in [1.165, 1.54) is 0 Å². The van der Waals surface area contributed by atoms with Crippen LogP contribution in [0.1, 0.15) is 12.0 Å². The number of rotatable bonds is 6. The molecule has 0 saturated carbocycles. The van der Waals surface area contributed by atoms with Crippen LogP contribution in [0, 0.1) is 0 Å². The van der Waals surface area contributed by atoms with Crippen molar-refractivity contribution in [3.05, 3.63) is 35.9 Å². The van der Waals surface area contributed by atoms with Crippen molar-refractivity contribution in [2.24, 2.45) is 0 Å². The van der Waals surface area contributed by atoms with Crippen LogP contribution >= 0.6 is 0 Å². The van der Waals surface area contributed by atoms with E-state index in [-0.39, 0.29) is 26.2 Å². The van der Waals surface area contributed by atoms with Gasteiger partial charge in [-0.3, -0.25) is 0 Å². The van der Waals surface area contributed by atoms with E-state index >= 15 is 0 Å². The van der Waals surface area contributed by atoms with E-state index in [4.69, 9.17) is 5.11 Å². The fourth-order valence-electron chi connectivity index (χ4n) is 1.79. The first-order chi connectivity index (χ1) is 7.68. The molecule has 0 heterocycles. The molecule has 1 unspecified atom stereocenters. The van der Waals surface area contributed by atoms with Crippen LogP contribution < -0.4 is 0 Å². The lowest BCUT2D eigenvalue weighted by Gasteiger charge is -2.32. The molecule has 4 N–H and O–H groups in total. The second-order valence-electron chi connectivity index (χ2n) is 4.00. The minimum absolute atomic E-state index is 0.126. The van der Waals surface area contributed by atoms with E-state index in [9.17, 15) is 15.3 Å². The second-order valence-corrected chi connectivity index (χ2v) is 4.00. The van der Waals surface area contributed by atoms with Gasteiger partial charge in [-0.05, 0) is 12.0 Å². The summed E-state index contributed by atoms with van der Waals surface area (Å²) in [5.41, 5.74) is -0.142. The summed E-state index contributed by atoms with van der Waals surface area (Å²) < 4.78 is 0. The second kappa shape index (κ2) is 5.96. The minimum Gasteiger partial charge on any atom is -0.395 e. The third-order valence-electron chi connectivity index (χ3n) is 2.83. The van der Waals surface area contributed by atoms with Crippen LogP contribution in [0.3, 0.4) is 0 Å². The predicted molar refractivity (Wildman–Crippen MR) is 60.0 cm³/mol. The zero-order valence-electron chi connectivity index (χ0n) is 9.08. The largest absolute Gasteiger partial charge is 0.395 e. The molecule has 0 radical (unpaired) electrons. The fourth-order valence-corrected chi connectivity index (χ4v) is 1.79. The van der Waals surface area contributed by atoms with Gasteiger partial charge in [0.2, 0.25) is 0 Å². The van der Waals surface area contributed by atoms with E-state index in [0.29, 0.717) is 0 Å². The summed E-state index contributed by atoms with van der Waals surface area (Å²) in [6.07, 6.45) is -0.819. The average molecular weight is 226 g/mol. The Morgan fingerprint density at radius 3 is 2.00 bits per heavy atom. The van der Waals surface area contributed by atoms with Crippen molar-refractivity contribution in [1.29, 1.82) is 0 Å². The molecule has 1 aromatic carbocycles. The van der Waals surface area contributed by atoms with Crippen LogP contribution in [0.25, 0.3) is 0 Å². The molecule has 0 spiro atoms. The minimum atomic E-state index is -0.945. The van der Waals surface area contributed by atoms with Crippen molar-refractivity contribution in [3.8, 4) is 0 Å². The van der Waals surface area contributed by atoms with Gasteiger partial charge in [0.25, 0.3) is 0 Å². The average Bonchev–Trinajstić information content (AvgIpc) is 2.37. The van der Waals surface area contributed by atoms with Gasteiger partial charge in [0.05, 0.1) is 25.9 Å². The maximum Gasteiger partial charge on any atom is 0.0781 e. The monoisotopic (exact) mass is 226 g/mol. The smallest absolute Gasteiger partial charge is 0.0781 e. The van der Waals surface area contributed by atoms with Crippen LogP contribution in [0.5, 0.6) is 0 Å². The van der Waals surface area contributed by atoms with Gasteiger partial charge in [0.15, 0.2) is 0 Å². The Bertz CT molecular complexity index is 295. The molecular weight excluding hydrogens is 208 g/mol. The molecule has 0 aromatic heterocycles. The lowest BCUT2D eigenvalue weighted by atomic mass is 9.77. The first-order valence-corrected chi connectivity index (χ1v) is 5.24. The number of aliphatic hydroxyl groups excluding tert-OH is 4. The summed E-state index contributed by atoms with van der Waals surface area (Å²) in [6, 6.07) is 9.03. The molecule has 0 aliphatic heterocycles. The fraction of sp³-hybridized carbons (Fsp3) is 0.500. The van der Waals surface area contributed by atoms with Gasteiger partial charge in [-0.25, -0.2) is 0 Å². The highest BCUT2D eigenvalue weighted by molar-refractivity contribution is 5.26. The Morgan fingerprint density at radius 2 is 1.56 bits per heavy atom. The zero-order chi connectivity index (χ0) is 12.0. The Balaban J connectivity index is 2.96. The predicted octanol–water partition coefficient (Wildman–Crippen LogP) is -0.348. The summed E-state index contributed by atoms with van der Waals surface area (Å²) >= 11 is 0. The third kappa shape index (κ3) is 2.80. The standard InChI is InChI=1S/C12H18O4/c13-7-11(16)6-12(8-14,9-15)10-4-2-1-3-5-10/h1-5,11,13-16H,6-9H2. The number of hydrogen-bond donors (Lipinski definition) is 4. The molecule has 0 amide bonds. The Kier molecular flexibility index (Phi) is 4.89. The highest BCUT2D eigenvalue weighted by Gasteiger charge is 2.33. The van der Waals surface area contributed by atoms with Crippen molar-refractivity contribution in [3.63, 3.8) is 0 Å². The highest BCUT2D eigenvalue weighted by atomic mass is 16.3. The van der Waals surface area contributed by atoms with Crippen LogP contribution in [0.15, 0.2) is 30.3 Å². The Hall–Kier alpha value is -0.940. The molecule has 1 rings (SSSR count). The normalized spacial score (nSPS) is 13.8. The maximum absolute atomic E-state index is 9.44. The molecule has 1 atom stereocenters. The molecule has 90 valence electrons. The van der Waals surface area contributed by atoms with Gasteiger partial charge in [0.1, 0.15) is 0 Å². The first kappa shape index (κ1) is 13.1. The quantitative estimate of drug-likeness (QED) is 0.534. The van der Waals surface area contributed by atoms with E-state index in [2.05, 4.69) is 0 Å². The topological polar surface area (TPSA) is 80.9 Å². The van der Waals surface area contributed by atoms with Gasteiger partial charge in [-0.15, -0.1) is 0 Å². The molecule has 16 heavy (non-hydrogen) atoms. The molecule has 0 bridgehead atoms. The van der Waals surface area contributed by atoms with Gasteiger partial charge < -0.3 is 20.4 Å². The van der Waals surface area contributed by atoms with Crippen LogP contribution in [-0.4, -0.2) is 46.4 Å². The zero-order valence-corrected chi connectivity index (χ0v) is 9.08. The Morgan fingerprint density at radius 1 is 1.00 bits per heavy atom. The number of hydrogen-bond acceptors (Lipinski definition) is 4. The molecule has 4 heteroatoms. The van der Waals surface area contributed by atoms with Crippen molar-refractivity contribution >= 4 is 0 Å². The number of benzene rings is 1. The van der Waals surface area contributed by atoms with Crippen LogP contribution in [-0.2, 0) is 5.41 Å². The van der Waals surface area contributed by atoms with Crippen molar-refractivity contribution in [1.82, 2.24) is 0 Å². The molecule has 0 fully saturated rings. The Labute approximate surface area is 94.8 Å².